The first-order valence-corrected chi connectivity index (χ1v) is 9.50. The molecule has 0 spiro atoms. The van der Waals surface area contributed by atoms with Crippen LogP contribution in [0.15, 0.2) is 48.5 Å². The van der Waals surface area contributed by atoms with Gasteiger partial charge in [0.1, 0.15) is 0 Å². The van der Waals surface area contributed by atoms with Gasteiger partial charge in [0, 0.05) is 61.7 Å². The molecule has 2 aromatic carbocycles. The Hall–Kier alpha value is -2.14. The van der Waals surface area contributed by atoms with E-state index in [1.54, 1.807) is 24.3 Å². The fraction of sp³-hybridized carbons (Fsp3) is 0.316. The maximum Gasteiger partial charge on any atom is 0.253 e. The number of anilines is 1. The minimum atomic E-state index is -0.915. The first-order valence-electron chi connectivity index (χ1n) is 7.77. The first-order chi connectivity index (χ1) is 11.4. The van der Waals surface area contributed by atoms with Crippen molar-refractivity contribution >= 4 is 22.4 Å². The van der Waals surface area contributed by atoms with Crippen LogP contribution in [0.2, 0.25) is 0 Å². The van der Waals surface area contributed by atoms with Gasteiger partial charge in [-0.3, -0.25) is 9.00 Å². The largest absolute Gasteiger partial charge is 0.378 e. The molecule has 0 N–H and O–H groups in total. The third kappa shape index (κ3) is 4.93. The number of nitrogens with zero attached hydrogens (tertiary/aromatic N) is 2. The van der Waals surface area contributed by atoms with Crippen LogP contribution in [-0.2, 0) is 23.1 Å². The Balaban J connectivity index is 2.07. The molecule has 2 aromatic rings. The number of amides is 1. The van der Waals surface area contributed by atoms with Crippen molar-refractivity contribution in [2.75, 3.05) is 32.3 Å². The Bertz CT molecular complexity index is 726. The van der Waals surface area contributed by atoms with E-state index in [0.29, 0.717) is 17.9 Å². The van der Waals surface area contributed by atoms with Crippen molar-refractivity contribution < 1.29 is 9.00 Å². The summed E-state index contributed by atoms with van der Waals surface area (Å²) in [7, 11) is 4.89. The zero-order valence-electron chi connectivity index (χ0n) is 14.7. The van der Waals surface area contributed by atoms with Gasteiger partial charge >= 0.3 is 0 Å². The maximum atomic E-state index is 12.6. The zero-order chi connectivity index (χ0) is 17.7. The van der Waals surface area contributed by atoms with Crippen LogP contribution >= 0.6 is 0 Å². The Morgan fingerprint density at radius 2 is 1.67 bits per heavy atom. The van der Waals surface area contributed by atoms with Crippen LogP contribution in [0, 0.1) is 0 Å². The summed E-state index contributed by atoms with van der Waals surface area (Å²) in [5.41, 5.74) is 3.77. The van der Waals surface area contributed by atoms with E-state index in [0.717, 1.165) is 16.8 Å². The molecule has 0 fully saturated rings. The smallest absolute Gasteiger partial charge is 0.253 e. The second-order valence-corrected chi connectivity index (χ2v) is 7.58. The Labute approximate surface area is 146 Å². The fourth-order valence-electron chi connectivity index (χ4n) is 2.49. The molecule has 0 saturated heterocycles. The van der Waals surface area contributed by atoms with E-state index in [-0.39, 0.29) is 5.91 Å². The number of carbonyl (C=O) groups excluding carboxylic acids is 1. The molecule has 24 heavy (non-hydrogen) atoms. The maximum absolute atomic E-state index is 12.6. The molecule has 1 atom stereocenters. The molecule has 5 heteroatoms. The summed E-state index contributed by atoms with van der Waals surface area (Å²) in [5, 5.41) is 0. The molecule has 2 rings (SSSR count). The van der Waals surface area contributed by atoms with E-state index in [1.807, 2.05) is 61.5 Å². The van der Waals surface area contributed by atoms with Crippen LogP contribution in [-0.4, -0.2) is 42.4 Å². The summed E-state index contributed by atoms with van der Waals surface area (Å²) in [5.74, 6) is 0.437. The molecule has 4 nitrogen and oxygen atoms in total. The van der Waals surface area contributed by atoms with Crippen molar-refractivity contribution in [1.82, 2.24) is 4.90 Å². The molecule has 128 valence electrons. The van der Waals surface area contributed by atoms with Crippen molar-refractivity contribution in [2.45, 2.75) is 12.3 Å². The van der Waals surface area contributed by atoms with Crippen LogP contribution in [0.25, 0.3) is 0 Å². The topological polar surface area (TPSA) is 40.6 Å². The summed E-state index contributed by atoms with van der Waals surface area (Å²) in [6.07, 6.45) is 1.66. The molecule has 1 amide bonds. The zero-order valence-corrected chi connectivity index (χ0v) is 15.5. The van der Waals surface area contributed by atoms with Gasteiger partial charge in [0.2, 0.25) is 0 Å². The fourth-order valence-corrected chi connectivity index (χ4v) is 3.14. The lowest BCUT2D eigenvalue weighted by molar-refractivity contribution is 0.0785. The number of benzene rings is 2. The van der Waals surface area contributed by atoms with E-state index in [1.165, 1.54) is 0 Å². The molecule has 0 aliphatic rings. The van der Waals surface area contributed by atoms with Gasteiger partial charge in [-0.15, -0.1) is 0 Å². The highest BCUT2D eigenvalue weighted by molar-refractivity contribution is 7.83. The summed E-state index contributed by atoms with van der Waals surface area (Å²) >= 11 is 0. The van der Waals surface area contributed by atoms with Gasteiger partial charge in [0.15, 0.2) is 0 Å². The minimum absolute atomic E-state index is 0.0320. The molecular weight excluding hydrogens is 320 g/mol. The van der Waals surface area contributed by atoms with Crippen LogP contribution in [0.3, 0.4) is 0 Å². The van der Waals surface area contributed by atoms with Gasteiger partial charge in [-0.1, -0.05) is 24.3 Å². The van der Waals surface area contributed by atoms with Crippen molar-refractivity contribution in [1.29, 1.82) is 0 Å². The summed E-state index contributed by atoms with van der Waals surface area (Å²) in [6, 6.07) is 15.5. The Kier molecular flexibility index (Phi) is 6.15. The van der Waals surface area contributed by atoms with E-state index in [9.17, 15) is 9.00 Å². The Morgan fingerprint density at radius 1 is 1.00 bits per heavy atom. The highest BCUT2D eigenvalue weighted by Gasteiger charge is 2.13. The van der Waals surface area contributed by atoms with Crippen molar-refractivity contribution in [3.8, 4) is 0 Å². The van der Waals surface area contributed by atoms with Crippen molar-refractivity contribution in [3.63, 3.8) is 0 Å². The predicted octanol–water partition coefficient (Wildman–Crippen LogP) is 2.90. The van der Waals surface area contributed by atoms with Gasteiger partial charge in [-0.2, -0.15) is 0 Å². The van der Waals surface area contributed by atoms with Gasteiger partial charge < -0.3 is 9.80 Å². The average Bonchev–Trinajstić information content (AvgIpc) is 2.54. The van der Waals surface area contributed by atoms with Gasteiger partial charge in [-0.05, 0) is 35.4 Å². The van der Waals surface area contributed by atoms with E-state index in [4.69, 9.17) is 0 Å². The normalized spacial score (nSPS) is 11.8. The van der Waals surface area contributed by atoms with Crippen LogP contribution in [0.1, 0.15) is 21.5 Å². The molecule has 0 saturated carbocycles. The highest BCUT2D eigenvalue weighted by atomic mass is 32.2. The summed E-state index contributed by atoms with van der Waals surface area (Å²) in [6.45, 7) is 0.552. The molecular formula is C19H24N2O2S. The first kappa shape index (κ1) is 18.2. The number of hydrogen-bond acceptors (Lipinski definition) is 3. The predicted molar refractivity (Wildman–Crippen MR) is 101 cm³/mol. The van der Waals surface area contributed by atoms with E-state index in [2.05, 4.69) is 0 Å². The molecule has 0 bridgehead atoms. The molecule has 0 heterocycles. The Morgan fingerprint density at radius 3 is 2.25 bits per heavy atom. The quantitative estimate of drug-likeness (QED) is 0.809. The minimum Gasteiger partial charge on any atom is -0.378 e. The lowest BCUT2D eigenvalue weighted by Crippen LogP contribution is -2.26. The number of carbonyl (C=O) groups is 1. The van der Waals surface area contributed by atoms with Crippen LogP contribution in [0.4, 0.5) is 5.69 Å². The lowest BCUT2D eigenvalue weighted by Gasteiger charge is -2.19. The monoisotopic (exact) mass is 344 g/mol. The highest BCUT2D eigenvalue weighted by Crippen LogP contribution is 2.15. The van der Waals surface area contributed by atoms with Gasteiger partial charge in [0.05, 0.1) is 0 Å². The average molecular weight is 344 g/mol. The van der Waals surface area contributed by atoms with Crippen molar-refractivity contribution in [2.24, 2.45) is 0 Å². The van der Waals surface area contributed by atoms with Crippen LogP contribution in [0.5, 0.6) is 0 Å². The summed E-state index contributed by atoms with van der Waals surface area (Å²) < 4.78 is 11.4. The molecule has 0 radical (unpaired) electrons. The number of hydrogen-bond donors (Lipinski definition) is 0. The van der Waals surface area contributed by atoms with Crippen LogP contribution < -0.4 is 4.90 Å². The second-order valence-electron chi connectivity index (χ2n) is 6.14. The van der Waals surface area contributed by atoms with E-state index >= 15 is 0 Å². The standard InChI is InChI=1S/C19H24N2O2S/c1-20(2)18-10-8-15(9-11-18)13-21(3)19(22)17-7-5-6-16(12-17)14-24(4)23/h5-12H,13-14H2,1-4H3. The molecule has 0 aliphatic carbocycles. The van der Waals surface area contributed by atoms with Crippen molar-refractivity contribution in [3.05, 3.63) is 65.2 Å². The van der Waals surface area contributed by atoms with Gasteiger partial charge in [0.25, 0.3) is 5.91 Å². The van der Waals surface area contributed by atoms with E-state index < -0.39 is 10.8 Å². The third-order valence-corrected chi connectivity index (χ3v) is 4.50. The molecule has 0 aromatic heterocycles. The summed E-state index contributed by atoms with van der Waals surface area (Å²) in [4.78, 5) is 16.3. The third-order valence-electron chi connectivity index (χ3n) is 3.76. The lowest BCUT2D eigenvalue weighted by atomic mass is 10.1. The molecule has 0 aliphatic heterocycles. The molecule has 1 unspecified atom stereocenters. The SMILES string of the molecule is CN(Cc1ccc(N(C)C)cc1)C(=O)c1cccc(CS(C)=O)c1. The van der Waals surface area contributed by atoms with Gasteiger partial charge in [-0.25, -0.2) is 0 Å². The second kappa shape index (κ2) is 8.11. The number of rotatable bonds is 6.